The van der Waals surface area contributed by atoms with Crippen LogP contribution in [-0.2, 0) is 4.74 Å². The Morgan fingerprint density at radius 3 is 2.45 bits per heavy atom. The largest absolute Gasteiger partial charge is 0.487 e. The summed E-state index contributed by atoms with van der Waals surface area (Å²) in [5.74, 6) is 0.888. The lowest BCUT2D eigenvalue weighted by Gasteiger charge is -2.28. The Hall–Kier alpha value is -1.06. The summed E-state index contributed by atoms with van der Waals surface area (Å²) in [6.45, 7) is 12.5. The second-order valence-electron chi connectivity index (χ2n) is 7.11. The Morgan fingerprint density at radius 1 is 1.30 bits per heavy atom. The number of rotatable bonds is 3. The summed E-state index contributed by atoms with van der Waals surface area (Å²) < 4.78 is 12.4. The van der Waals surface area contributed by atoms with E-state index >= 15 is 0 Å². The second-order valence-corrected chi connectivity index (χ2v) is 7.11. The van der Waals surface area contributed by atoms with Crippen molar-refractivity contribution in [2.24, 2.45) is 5.73 Å². The first-order valence-electron chi connectivity index (χ1n) is 7.34. The molecule has 1 aliphatic rings. The Kier molecular flexibility index (Phi) is 3.87. The van der Waals surface area contributed by atoms with Gasteiger partial charge in [-0.3, -0.25) is 0 Å². The Labute approximate surface area is 122 Å². The maximum Gasteiger partial charge on any atom is 0.130 e. The Balaban J connectivity index is 2.28. The Bertz CT molecular complexity index is 492. The third-order valence-corrected chi connectivity index (χ3v) is 3.92. The predicted octanol–water partition coefficient (Wildman–Crippen LogP) is 3.74. The monoisotopic (exact) mass is 277 g/mol. The van der Waals surface area contributed by atoms with Crippen LogP contribution in [0.3, 0.4) is 0 Å². The lowest BCUT2D eigenvalue weighted by atomic mass is 9.96. The molecule has 2 rings (SSSR count). The van der Waals surface area contributed by atoms with Gasteiger partial charge in [0.2, 0.25) is 0 Å². The van der Waals surface area contributed by atoms with E-state index in [0.717, 1.165) is 17.7 Å². The average Bonchev–Trinajstić information content (AvgIpc) is 2.46. The van der Waals surface area contributed by atoms with Crippen LogP contribution in [0.5, 0.6) is 5.75 Å². The van der Waals surface area contributed by atoms with E-state index < -0.39 is 0 Å². The molecule has 0 aromatic heterocycles. The molecule has 0 bridgehead atoms. The van der Waals surface area contributed by atoms with Gasteiger partial charge in [-0.15, -0.1) is 0 Å². The SMILES string of the molecule is Cc1ccc([C@@H](C)N)c(OC2CC(C)(C)OC2(C)C)c1. The van der Waals surface area contributed by atoms with Crippen molar-refractivity contribution < 1.29 is 9.47 Å². The molecular formula is C17H27NO2. The number of ether oxygens (including phenoxy) is 2. The molecule has 0 radical (unpaired) electrons. The highest BCUT2D eigenvalue weighted by atomic mass is 16.6. The molecule has 0 spiro atoms. The van der Waals surface area contributed by atoms with Gasteiger partial charge in [-0.25, -0.2) is 0 Å². The molecule has 1 heterocycles. The van der Waals surface area contributed by atoms with Gasteiger partial charge in [0.25, 0.3) is 0 Å². The van der Waals surface area contributed by atoms with Crippen molar-refractivity contribution in [2.75, 3.05) is 0 Å². The van der Waals surface area contributed by atoms with Gasteiger partial charge in [0.1, 0.15) is 17.5 Å². The number of nitrogens with two attached hydrogens (primary N) is 1. The molecule has 20 heavy (non-hydrogen) atoms. The minimum absolute atomic E-state index is 0.0379. The van der Waals surface area contributed by atoms with E-state index in [-0.39, 0.29) is 23.3 Å². The highest BCUT2D eigenvalue weighted by molar-refractivity contribution is 5.39. The molecule has 0 saturated carbocycles. The van der Waals surface area contributed by atoms with Crippen molar-refractivity contribution in [3.05, 3.63) is 29.3 Å². The molecule has 1 aliphatic heterocycles. The summed E-state index contributed by atoms with van der Waals surface area (Å²) >= 11 is 0. The first kappa shape index (κ1) is 15.3. The summed E-state index contributed by atoms with van der Waals surface area (Å²) in [5, 5.41) is 0. The number of hydrogen-bond acceptors (Lipinski definition) is 3. The lowest BCUT2D eigenvalue weighted by molar-refractivity contribution is -0.0847. The van der Waals surface area contributed by atoms with Gasteiger partial charge in [-0.05, 0) is 53.2 Å². The number of hydrogen-bond donors (Lipinski definition) is 1. The molecule has 3 nitrogen and oxygen atoms in total. The molecule has 3 heteroatoms. The van der Waals surface area contributed by atoms with Gasteiger partial charge in [-0.1, -0.05) is 12.1 Å². The second kappa shape index (κ2) is 5.05. The van der Waals surface area contributed by atoms with E-state index in [1.807, 2.05) is 6.92 Å². The van der Waals surface area contributed by atoms with Crippen molar-refractivity contribution in [1.29, 1.82) is 0 Å². The van der Waals surface area contributed by atoms with Crippen molar-refractivity contribution in [3.63, 3.8) is 0 Å². The van der Waals surface area contributed by atoms with Crippen LogP contribution in [0.25, 0.3) is 0 Å². The van der Waals surface area contributed by atoms with Crippen molar-refractivity contribution in [2.45, 2.75) is 71.3 Å². The highest BCUT2D eigenvalue weighted by Gasteiger charge is 2.47. The molecule has 1 aromatic rings. The van der Waals surface area contributed by atoms with E-state index in [0.29, 0.717) is 0 Å². The summed E-state index contributed by atoms with van der Waals surface area (Å²) in [4.78, 5) is 0. The van der Waals surface area contributed by atoms with Crippen LogP contribution >= 0.6 is 0 Å². The first-order valence-corrected chi connectivity index (χ1v) is 7.34. The van der Waals surface area contributed by atoms with Gasteiger partial charge < -0.3 is 15.2 Å². The van der Waals surface area contributed by atoms with Gasteiger partial charge in [-0.2, -0.15) is 0 Å². The smallest absolute Gasteiger partial charge is 0.130 e. The fourth-order valence-corrected chi connectivity index (χ4v) is 2.97. The molecule has 0 amide bonds. The Morgan fingerprint density at radius 2 is 1.95 bits per heavy atom. The number of aryl methyl sites for hydroxylation is 1. The van der Waals surface area contributed by atoms with Crippen LogP contribution in [0.15, 0.2) is 18.2 Å². The summed E-state index contributed by atoms with van der Waals surface area (Å²) in [6.07, 6.45) is 0.920. The fourth-order valence-electron chi connectivity index (χ4n) is 2.97. The lowest BCUT2D eigenvalue weighted by Crippen LogP contribution is -2.37. The quantitative estimate of drug-likeness (QED) is 0.915. The standard InChI is InChI=1S/C17H27NO2/c1-11-7-8-13(12(2)18)14(9-11)19-15-10-16(3,4)20-17(15,5)6/h7-9,12,15H,10,18H2,1-6H3/t12-,15?/m1/s1. The molecular weight excluding hydrogens is 250 g/mol. The highest BCUT2D eigenvalue weighted by Crippen LogP contribution is 2.40. The van der Waals surface area contributed by atoms with Gasteiger partial charge in [0, 0.05) is 18.0 Å². The third kappa shape index (κ3) is 3.15. The van der Waals surface area contributed by atoms with E-state index in [4.69, 9.17) is 15.2 Å². The molecule has 2 atom stereocenters. The molecule has 1 fully saturated rings. The molecule has 1 aromatic carbocycles. The maximum absolute atomic E-state index is 6.29. The van der Waals surface area contributed by atoms with Crippen LogP contribution in [0.2, 0.25) is 0 Å². The topological polar surface area (TPSA) is 44.5 Å². The average molecular weight is 277 g/mol. The van der Waals surface area contributed by atoms with E-state index in [1.165, 1.54) is 5.56 Å². The van der Waals surface area contributed by atoms with Gasteiger partial charge in [0.15, 0.2) is 0 Å². The zero-order chi connectivity index (χ0) is 15.1. The van der Waals surface area contributed by atoms with Crippen LogP contribution in [-0.4, -0.2) is 17.3 Å². The third-order valence-electron chi connectivity index (χ3n) is 3.92. The summed E-state index contributed by atoms with van der Waals surface area (Å²) in [5.41, 5.74) is 7.85. The zero-order valence-corrected chi connectivity index (χ0v) is 13.5. The molecule has 112 valence electrons. The van der Waals surface area contributed by atoms with Crippen LogP contribution in [0.4, 0.5) is 0 Å². The summed E-state index contributed by atoms with van der Waals surface area (Å²) in [6, 6.07) is 6.17. The first-order chi connectivity index (χ1) is 9.11. The van der Waals surface area contributed by atoms with Crippen LogP contribution in [0, 0.1) is 6.92 Å². The van der Waals surface area contributed by atoms with E-state index in [9.17, 15) is 0 Å². The van der Waals surface area contributed by atoms with E-state index in [1.54, 1.807) is 0 Å². The van der Waals surface area contributed by atoms with Crippen molar-refractivity contribution in [3.8, 4) is 5.75 Å². The van der Waals surface area contributed by atoms with Gasteiger partial charge in [0.05, 0.1) is 5.60 Å². The normalized spacial score (nSPS) is 25.4. The minimum atomic E-state index is -0.289. The summed E-state index contributed by atoms with van der Waals surface area (Å²) in [7, 11) is 0. The minimum Gasteiger partial charge on any atom is -0.487 e. The number of benzene rings is 1. The molecule has 0 aliphatic carbocycles. The molecule has 1 saturated heterocycles. The van der Waals surface area contributed by atoms with Crippen LogP contribution < -0.4 is 10.5 Å². The fraction of sp³-hybridized carbons (Fsp3) is 0.647. The molecule has 2 N–H and O–H groups in total. The zero-order valence-electron chi connectivity index (χ0n) is 13.5. The molecule has 1 unspecified atom stereocenters. The van der Waals surface area contributed by atoms with Crippen molar-refractivity contribution in [1.82, 2.24) is 0 Å². The maximum atomic E-state index is 6.29. The van der Waals surface area contributed by atoms with Crippen LogP contribution in [0.1, 0.15) is 58.2 Å². The predicted molar refractivity (Wildman–Crippen MR) is 82.1 cm³/mol. The van der Waals surface area contributed by atoms with Gasteiger partial charge >= 0.3 is 0 Å². The van der Waals surface area contributed by atoms with Crippen molar-refractivity contribution >= 4 is 0 Å². The van der Waals surface area contributed by atoms with E-state index in [2.05, 4.69) is 52.8 Å².